The summed E-state index contributed by atoms with van der Waals surface area (Å²) in [6.45, 7) is 3.73. The van der Waals surface area contributed by atoms with Crippen LogP contribution >= 0.6 is 15.9 Å². The Morgan fingerprint density at radius 3 is 2.65 bits per heavy atom. The van der Waals surface area contributed by atoms with Gasteiger partial charge in [0.2, 0.25) is 0 Å². The van der Waals surface area contributed by atoms with E-state index in [-0.39, 0.29) is 6.04 Å². The summed E-state index contributed by atoms with van der Waals surface area (Å²) in [5.41, 5.74) is 7.34. The van der Waals surface area contributed by atoms with Gasteiger partial charge in [0.1, 0.15) is 0 Å². The van der Waals surface area contributed by atoms with Gasteiger partial charge in [0.25, 0.3) is 0 Å². The van der Waals surface area contributed by atoms with Crippen molar-refractivity contribution < 1.29 is 0 Å². The maximum Gasteiger partial charge on any atom is 0.0298 e. The van der Waals surface area contributed by atoms with E-state index in [0.717, 1.165) is 17.3 Å². The molecule has 17 heavy (non-hydrogen) atoms. The Bertz CT molecular complexity index is 533. The normalized spacial score (nSPS) is 12.6. The van der Waals surface area contributed by atoms with E-state index >= 15 is 0 Å². The van der Waals surface area contributed by atoms with Crippen LogP contribution in [0.4, 0.5) is 0 Å². The van der Waals surface area contributed by atoms with Gasteiger partial charge in [-0.25, -0.2) is 0 Å². The molecule has 0 aromatic heterocycles. The molecule has 2 heteroatoms. The topological polar surface area (TPSA) is 26.0 Å². The van der Waals surface area contributed by atoms with E-state index in [1.54, 1.807) is 0 Å². The first kappa shape index (κ1) is 12.3. The standard InChI is InChI=1S/C15H16BrN/c1-2-3-4-15(17)13-6-5-12-10-14(16)8-7-11(12)9-13/h2,5-10,15H,1,3-4,17H2. The van der Waals surface area contributed by atoms with Crippen LogP contribution in [-0.2, 0) is 0 Å². The molecule has 0 bridgehead atoms. The molecule has 88 valence electrons. The van der Waals surface area contributed by atoms with Crippen molar-refractivity contribution in [3.8, 4) is 0 Å². The highest BCUT2D eigenvalue weighted by molar-refractivity contribution is 9.10. The quantitative estimate of drug-likeness (QED) is 0.820. The van der Waals surface area contributed by atoms with Gasteiger partial charge in [-0.3, -0.25) is 0 Å². The molecule has 2 N–H and O–H groups in total. The van der Waals surface area contributed by atoms with Gasteiger partial charge < -0.3 is 5.73 Å². The van der Waals surface area contributed by atoms with Gasteiger partial charge in [-0.15, -0.1) is 6.58 Å². The van der Waals surface area contributed by atoms with E-state index in [4.69, 9.17) is 5.73 Å². The highest BCUT2D eigenvalue weighted by Crippen LogP contribution is 2.24. The predicted octanol–water partition coefficient (Wildman–Crippen LogP) is 4.57. The molecule has 0 fully saturated rings. The van der Waals surface area contributed by atoms with Gasteiger partial charge in [0.05, 0.1) is 0 Å². The molecule has 0 aliphatic rings. The van der Waals surface area contributed by atoms with Crippen LogP contribution in [0.3, 0.4) is 0 Å². The van der Waals surface area contributed by atoms with Gasteiger partial charge >= 0.3 is 0 Å². The minimum atomic E-state index is 0.0982. The number of rotatable bonds is 4. The third-order valence-corrected chi connectivity index (χ3v) is 3.43. The molecule has 0 saturated carbocycles. The molecule has 2 aromatic carbocycles. The molecule has 0 radical (unpaired) electrons. The number of hydrogen-bond donors (Lipinski definition) is 1. The summed E-state index contributed by atoms with van der Waals surface area (Å²) < 4.78 is 1.11. The Hall–Kier alpha value is -1.12. The van der Waals surface area contributed by atoms with Crippen molar-refractivity contribution in [3.05, 3.63) is 59.1 Å². The van der Waals surface area contributed by atoms with Crippen LogP contribution in [-0.4, -0.2) is 0 Å². The van der Waals surface area contributed by atoms with E-state index < -0.39 is 0 Å². The Morgan fingerprint density at radius 2 is 1.88 bits per heavy atom. The van der Waals surface area contributed by atoms with E-state index in [9.17, 15) is 0 Å². The second kappa shape index (κ2) is 5.48. The molecule has 0 aliphatic carbocycles. The van der Waals surface area contributed by atoms with E-state index in [0.29, 0.717) is 0 Å². The highest BCUT2D eigenvalue weighted by Gasteiger charge is 2.05. The molecular weight excluding hydrogens is 274 g/mol. The van der Waals surface area contributed by atoms with Gasteiger partial charge in [-0.2, -0.15) is 0 Å². The van der Waals surface area contributed by atoms with Crippen molar-refractivity contribution in [1.29, 1.82) is 0 Å². The minimum absolute atomic E-state index is 0.0982. The first-order chi connectivity index (χ1) is 8.20. The average molecular weight is 290 g/mol. The third kappa shape index (κ3) is 2.96. The SMILES string of the molecule is C=CCCC(N)c1ccc2cc(Br)ccc2c1. The fourth-order valence-electron chi connectivity index (χ4n) is 1.93. The lowest BCUT2D eigenvalue weighted by atomic mass is 9.99. The average Bonchev–Trinajstić information content (AvgIpc) is 2.35. The van der Waals surface area contributed by atoms with Crippen molar-refractivity contribution in [2.24, 2.45) is 5.73 Å². The molecule has 0 heterocycles. The monoisotopic (exact) mass is 289 g/mol. The Labute approximate surface area is 110 Å². The Balaban J connectivity index is 2.31. The predicted molar refractivity (Wildman–Crippen MR) is 78.0 cm³/mol. The highest BCUT2D eigenvalue weighted by atomic mass is 79.9. The number of nitrogens with two attached hydrogens (primary N) is 1. The van der Waals surface area contributed by atoms with E-state index in [2.05, 4.69) is 58.9 Å². The summed E-state index contributed by atoms with van der Waals surface area (Å²) in [6, 6.07) is 12.8. The van der Waals surface area contributed by atoms with Crippen LogP contribution in [0, 0.1) is 0 Å². The van der Waals surface area contributed by atoms with E-state index in [1.807, 2.05) is 6.08 Å². The molecule has 2 rings (SSSR count). The molecule has 1 nitrogen and oxygen atoms in total. The number of benzene rings is 2. The zero-order valence-electron chi connectivity index (χ0n) is 9.70. The zero-order chi connectivity index (χ0) is 12.3. The first-order valence-corrected chi connectivity index (χ1v) is 6.55. The largest absolute Gasteiger partial charge is 0.324 e. The second-order valence-electron chi connectivity index (χ2n) is 4.22. The van der Waals surface area contributed by atoms with Gasteiger partial charge in [-0.1, -0.05) is 40.2 Å². The fraction of sp³-hybridized carbons (Fsp3) is 0.200. The summed E-state index contributed by atoms with van der Waals surface area (Å²) in [6.07, 6.45) is 3.82. The smallest absolute Gasteiger partial charge is 0.0298 e. The summed E-state index contributed by atoms with van der Waals surface area (Å²) in [4.78, 5) is 0. The number of fused-ring (bicyclic) bond motifs is 1. The van der Waals surface area contributed by atoms with Gasteiger partial charge in [-0.05, 0) is 47.4 Å². The van der Waals surface area contributed by atoms with Gasteiger partial charge in [0.15, 0.2) is 0 Å². The number of hydrogen-bond acceptors (Lipinski definition) is 1. The number of allylic oxidation sites excluding steroid dienone is 1. The molecule has 1 unspecified atom stereocenters. The molecule has 0 amide bonds. The lowest BCUT2D eigenvalue weighted by Gasteiger charge is -2.11. The maximum atomic E-state index is 6.14. The lowest BCUT2D eigenvalue weighted by molar-refractivity contribution is 0.662. The van der Waals surface area contributed by atoms with Crippen molar-refractivity contribution in [2.75, 3.05) is 0 Å². The number of halogens is 1. The Kier molecular flexibility index (Phi) is 3.97. The lowest BCUT2D eigenvalue weighted by Crippen LogP contribution is -2.09. The summed E-state index contributed by atoms with van der Waals surface area (Å²) in [7, 11) is 0. The summed E-state index contributed by atoms with van der Waals surface area (Å²) in [5.74, 6) is 0. The maximum absolute atomic E-state index is 6.14. The second-order valence-corrected chi connectivity index (χ2v) is 5.14. The van der Waals surface area contributed by atoms with Crippen molar-refractivity contribution in [2.45, 2.75) is 18.9 Å². The van der Waals surface area contributed by atoms with Crippen LogP contribution in [0.15, 0.2) is 53.5 Å². The van der Waals surface area contributed by atoms with Crippen LogP contribution in [0.2, 0.25) is 0 Å². The third-order valence-electron chi connectivity index (χ3n) is 2.94. The molecule has 0 aliphatic heterocycles. The molecule has 2 aromatic rings. The molecular formula is C15H16BrN. The van der Waals surface area contributed by atoms with Crippen molar-refractivity contribution in [1.82, 2.24) is 0 Å². The molecule has 0 saturated heterocycles. The minimum Gasteiger partial charge on any atom is -0.324 e. The van der Waals surface area contributed by atoms with Crippen LogP contribution in [0.5, 0.6) is 0 Å². The molecule has 1 atom stereocenters. The fourth-order valence-corrected chi connectivity index (χ4v) is 2.31. The van der Waals surface area contributed by atoms with Crippen molar-refractivity contribution >= 4 is 26.7 Å². The Morgan fingerprint density at radius 1 is 1.18 bits per heavy atom. The summed E-state index contributed by atoms with van der Waals surface area (Å²) in [5, 5.41) is 2.47. The van der Waals surface area contributed by atoms with Crippen LogP contribution in [0.1, 0.15) is 24.4 Å². The van der Waals surface area contributed by atoms with Crippen molar-refractivity contribution in [3.63, 3.8) is 0 Å². The van der Waals surface area contributed by atoms with Gasteiger partial charge in [0, 0.05) is 10.5 Å². The zero-order valence-corrected chi connectivity index (χ0v) is 11.3. The van der Waals surface area contributed by atoms with E-state index in [1.165, 1.54) is 16.3 Å². The van der Waals surface area contributed by atoms with Crippen LogP contribution < -0.4 is 5.73 Å². The van der Waals surface area contributed by atoms with Crippen LogP contribution in [0.25, 0.3) is 10.8 Å². The summed E-state index contributed by atoms with van der Waals surface area (Å²) >= 11 is 3.48. The first-order valence-electron chi connectivity index (χ1n) is 5.76. The molecule has 0 spiro atoms.